The van der Waals surface area contributed by atoms with E-state index in [9.17, 15) is 9.90 Å². The van der Waals surface area contributed by atoms with Gasteiger partial charge in [0.25, 0.3) is 0 Å². The van der Waals surface area contributed by atoms with Gasteiger partial charge in [0.05, 0.1) is 0 Å². The fourth-order valence-electron chi connectivity index (χ4n) is 3.13. The molecule has 1 aromatic carbocycles. The lowest BCUT2D eigenvalue weighted by Crippen LogP contribution is -2.43. The van der Waals surface area contributed by atoms with E-state index >= 15 is 0 Å². The van der Waals surface area contributed by atoms with Crippen LogP contribution in [0.2, 0.25) is 0 Å². The Morgan fingerprint density at radius 2 is 1.87 bits per heavy atom. The van der Waals surface area contributed by atoms with E-state index in [2.05, 4.69) is 0 Å². The molecule has 1 aliphatic rings. The number of hydrogen-bond donors (Lipinski definition) is 2. The highest BCUT2D eigenvalue weighted by Crippen LogP contribution is 2.33. The zero-order valence-electron chi connectivity index (χ0n) is 14.3. The highest BCUT2D eigenvalue weighted by molar-refractivity contribution is 5.68. The topological polar surface area (TPSA) is 75.8 Å². The number of nitrogens with two attached hydrogens (primary N) is 1. The Morgan fingerprint density at radius 3 is 2.35 bits per heavy atom. The van der Waals surface area contributed by atoms with Gasteiger partial charge in [0, 0.05) is 13.1 Å². The number of benzene rings is 1. The van der Waals surface area contributed by atoms with Crippen molar-refractivity contribution in [3.63, 3.8) is 0 Å². The van der Waals surface area contributed by atoms with Crippen LogP contribution in [0.1, 0.15) is 45.1 Å². The number of piperidine rings is 1. The second-order valence-corrected chi connectivity index (χ2v) is 7.24. The lowest BCUT2D eigenvalue weighted by molar-refractivity contribution is 0.0175. The van der Waals surface area contributed by atoms with Crippen molar-refractivity contribution in [2.75, 3.05) is 19.6 Å². The van der Waals surface area contributed by atoms with Crippen LogP contribution in [0.5, 0.6) is 5.75 Å². The molecule has 23 heavy (non-hydrogen) atoms. The van der Waals surface area contributed by atoms with E-state index in [4.69, 9.17) is 10.5 Å². The quantitative estimate of drug-likeness (QED) is 0.897. The number of aromatic hydroxyl groups is 1. The number of likely N-dealkylation sites (tertiary alicyclic amines) is 1. The zero-order chi connectivity index (χ0) is 17.0. The molecule has 1 unspecified atom stereocenters. The van der Waals surface area contributed by atoms with Crippen LogP contribution in [0.25, 0.3) is 0 Å². The maximum Gasteiger partial charge on any atom is 0.410 e. The number of amides is 1. The first kappa shape index (κ1) is 17.6. The summed E-state index contributed by atoms with van der Waals surface area (Å²) in [5.41, 5.74) is 6.68. The average molecular weight is 320 g/mol. The number of hydrogen-bond acceptors (Lipinski definition) is 4. The Hall–Kier alpha value is -1.75. The summed E-state index contributed by atoms with van der Waals surface area (Å²) in [6, 6.07) is 7.28. The fourth-order valence-corrected chi connectivity index (χ4v) is 3.13. The van der Waals surface area contributed by atoms with Gasteiger partial charge in [-0.3, -0.25) is 0 Å². The second kappa shape index (κ2) is 7.21. The summed E-state index contributed by atoms with van der Waals surface area (Å²) in [7, 11) is 0. The van der Waals surface area contributed by atoms with Crippen LogP contribution in [0.3, 0.4) is 0 Å². The number of phenols is 1. The number of nitrogens with zero attached hydrogens (tertiary/aromatic N) is 1. The Morgan fingerprint density at radius 1 is 1.30 bits per heavy atom. The van der Waals surface area contributed by atoms with E-state index in [1.807, 2.05) is 32.9 Å². The van der Waals surface area contributed by atoms with E-state index < -0.39 is 5.60 Å². The summed E-state index contributed by atoms with van der Waals surface area (Å²) in [6.07, 6.45) is 1.61. The van der Waals surface area contributed by atoms with Gasteiger partial charge < -0.3 is 20.5 Å². The Balaban J connectivity index is 1.94. The maximum atomic E-state index is 12.1. The van der Waals surface area contributed by atoms with Crippen molar-refractivity contribution >= 4 is 6.09 Å². The van der Waals surface area contributed by atoms with E-state index in [0.29, 0.717) is 25.6 Å². The van der Waals surface area contributed by atoms with Crippen molar-refractivity contribution in [1.82, 2.24) is 4.90 Å². The molecule has 0 aliphatic carbocycles. The molecule has 1 amide bonds. The van der Waals surface area contributed by atoms with E-state index in [1.165, 1.54) is 0 Å². The van der Waals surface area contributed by atoms with Crippen molar-refractivity contribution in [1.29, 1.82) is 0 Å². The van der Waals surface area contributed by atoms with Crippen LogP contribution >= 0.6 is 0 Å². The number of carbonyl (C=O) groups is 1. The standard InChI is InChI=1S/C18H28N2O3/c1-18(2,3)23-17(22)20-10-8-14(9-11-20)16(12-19)13-4-6-15(21)7-5-13/h4-7,14,16,21H,8-12,19H2,1-3H3. The van der Waals surface area contributed by atoms with Crippen molar-refractivity contribution in [2.24, 2.45) is 11.7 Å². The molecule has 1 atom stereocenters. The van der Waals surface area contributed by atoms with Gasteiger partial charge in [0.2, 0.25) is 0 Å². The van der Waals surface area contributed by atoms with Gasteiger partial charge in [0.1, 0.15) is 11.4 Å². The van der Waals surface area contributed by atoms with Crippen molar-refractivity contribution in [3.8, 4) is 5.75 Å². The van der Waals surface area contributed by atoms with Gasteiger partial charge in [0.15, 0.2) is 0 Å². The molecule has 0 bridgehead atoms. The fraction of sp³-hybridized carbons (Fsp3) is 0.611. The summed E-state index contributed by atoms with van der Waals surface area (Å²) >= 11 is 0. The summed E-state index contributed by atoms with van der Waals surface area (Å²) in [5, 5.41) is 9.42. The first-order valence-corrected chi connectivity index (χ1v) is 8.27. The predicted molar refractivity (Wildman–Crippen MR) is 90.4 cm³/mol. The third kappa shape index (κ3) is 4.86. The van der Waals surface area contributed by atoms with E-state index in [1.54, 1.807) is 17.0 Å². The summed E-state index contributed by atoms with van der Waals surface area (Å²) in [5.74, 6) is 0.976. The molecule has 128 valence electrons. The third-order valence-electron chi connectivity index (χ3n) is 4.34. The first-order chi connectivity index (χ1) is 10.8. The van der Waals surface area contributed by atoms with Crippen LogP contribution < -0.4 is 5.73 Å². The molecule has 0 saturated carbocycles. The normalized spacial score (nSPS) is 17.8. The minimum Gasteiger partial charge on any atom is -0.508 e. The SMILES string of the molecule is CC(C)(C)OC(=O)N1CCC(C(CN)c2ccc(O)cc2)CC1. The van der Waals surface area contributed by atoms with Gasteiger partial charge in [-0.1, -0.05) is 12.1 Å². The second-order valence-electron chi connectivity index (χ2n) is 7.24. The van der Waals surface area contributed by atoms with Crippen molar-refractivity contribution < 1.29 is 14.6 Å². The molecule has 0 radical (unpaired) electrons. The summed E-state index contributed by atoms with van der Waals surface area (Å²) in [6.45, 7) is 7.62. The number of ether oxygens (including phenoxy) is 1. The van der Waals surface area contributed by atoms with Gasteiger partial charge in [-0.2, -0.15) is 0 Å². The van der Waals surface area contributed by atoms with Gasteiger partial charge in [-0.05, 0) is 69.7 Å². The molecule has 1 heterocycles. The average Bonchev–Trinajstić information content (AvgIpc) is 2.49. The monoisotopic (exact) mass is 320 g/mol. The van der Waals surface area contributed by atoms with Crippen molar-refractivity contribution in [2.45, 2.75) is 45.1 Å². The molecule has 3 N–H and O–H groups in total. The number of rotatable bonds is 3. The molecular formula is C18H28N2O3. The smallest absolute Gasteiger partial charge is 0.410 e. The molecule has 1 aliphatic heterocycles. The largest absolute Gasteiger partial charge is 0.508 e. The lowest BCUT2D eigenvalue weighted by Gasteiger charge is -2.36. The van der Waals surface area contributed by atoms with E-state index in [0.717, 1.165) is 18.4 Å². The molecule has 5 heteroatoms. The Bertz CT molecular complexity index is 514. The Labute approximate surface area is 138 Å². The zero-order valence-corrected chi connectivity index (χ0v) is 14.3. The molecule has 0 spiro atoms. The molecule has 2 rings (SSSR count). The summed E-state index contributed by atoms with van der Waals surface area (Å²) in [4.78, 5) is 13.9. The molecule has 5 nitrogen and oxygen atoms in total. The minimum atomic E-state index is -0.459. The van der Waals surface area contributed by atoms with Crippen molar-refractivity contribution in [3.05, 3.63) is 29.8 Å². The molecule has 0 aromatic heterocycles. The van der Waals surface area contributed by atoms with Crippen LogP contribution in [0.4, 0.5) is 4.79 Å². The highest BCUT2D eigenvalue weighted by Gasteiger charge is 2.30. The first-order valence-electron chi connectivity index (χ1n) is 8.27. The van der Waals surface area contributed by atoms with Crippen LogP contribution in [0.15, 0.2) is 24.3 Å². The van der Waals surface area contributed by atoms with Crippen LogP contribution in [-0.4, -0.2) is 41.3 Å². The minimum absolute atomic E-state index is 0.232. The van der Waals surface area contributed by atoms with Crippen LogP contribution in [0, 0.1) is 5.92 Å². The molecular weight excluding hydrogens is 292 g/mol. The summed E-state index contributed by atoms with van der Waals surface area (Å²) < 4.78 is 5.43. The van der Waals surface area contributed by atoms with Crippen LogP contribution in [-0.2, 0) is 4.74 Å². The van der Waals surface area contributed by atoms with Gasteiger partial charge in [-0.15, -0.1) is 0 Å². The number of carbonyl (C=O) groups excluding carboxylic acids is 1. The molecule has 1 fully saturated rings. The Kier molecular flexibility index (Phi) is 5.52. The molecule has 1 saturated heterocycles. The van der Waals surface area contributed by atoms with Gasteiger partial charge >= 0.3 is 6.09 Å². The number of phenolic OH excluding ortho intramolecular Hbond substituents is 1. The molecule has 1 aromatic rings. The van der Waals surface area contributed by atoms with Gasteiger partial charge in [-0.25, -0.2) is 4.79 Å². The predicted octanol–water partition coefficient (Wildman–Crippen LogP) is 3.08. The highest BCUT2D eigenvalue weighted by atomic mass is 16.6. The maximum absolute atomic E-state index is 12.1. The van der Waals surface area contributed by atoms with E-state index in [-0.39, 0.29) is 17.8 Å². The lowest BCUT2D eigenvalue weighted by atomic mass is 9.80. The third-order valence-corrected chi connectivity index (χ3v) is 4.34.